The number of hydrogen-bond donors (Lipinski definition) is 2. The third-order valence-electron chi connectivity index (χ3n) is 3.44. The minimum atomic E-state index is 0.107. The van der Waals surface area contributed by atoms with Crippen molar-refractivity contribution in [2.75, 3.05) is 11.1 Å². The van der Waals surface area contributed by atoms with Crippen molar-refractivity contribution in [1.29, 1.82) is 0 Å². The van der Waals surface area contributed by atoms with Crippen LogP contribution in [0.15, 0.2) is 24.3 Å². The lowest BCUT2D eigenvalue weighted by Gasteiger charge is -2.18. The van der Waals surface area contributed by atoms with Crippen LogP contribution in [-0.4, -0.2) is 9.97 Å². The van der Waals surface area contributed by atoms with Crippen LogP contribution in [0.3, 0.4) is 0 Å². The minimum Gasteiger partial charge on any atom is -0.383 e. The Labute approximate surface area is 130 Å². The zero-order valence-corrected chi connectivity index (χ0v) is 13.6. The van der Waals surface area contributed by atoms with Crippen molar-refractivity contribution in [3.05, 3.63) is 46.2 Å². The van der Waals surface area contributed by atoms with Crippen molar-refractivity contribution < 1.29 is 0 Å². The highest BCUT2D eigenvalue weighted by Gasteiger charge is 2.14. The third-order valence-corrected chi connectivity index (χ3v) is 3.69. The predicted molar refractivity (Wildman–Crippen MR) is 88.8 cm³/mol. The number of benzene rings is 1. The van der Waals surface area contributed by atoms with Crippen LogP contribution in [0, 0.1) is 6.92 Å². The molecule has 0 saturated carbocycles. The molecule has 1 aromatic carbocycles. The zero-order valence-electron chi connectivity index (χ0n) is 12.8. The van der Waals surface area contributed by atoms with E-state index in [1.807, 2.05) is 31.2 Å². The Morgan fingerprint density at radius 1 is 1.10 bits per heavy atom. The van der Waals surface area contributed by atoms with Gasteiger partial charge in [0.25, 0.3) is 0 Å². The number of nitrogen functional groups attached to an aromatic ring is 1. The molecule has 0 bridgehead atoms. The standard InChI is InChI=1S/C16H21ClN4/c1-9(2)15-20-14(18)10(3)16(21-15)19-11(4)12-5-7-13(17)8-6-12/h5-9,11H,1-4H3,(H3,18,19,20,21). The van der Waals surface area contributed by atoms with Gasteiger partial charge in [0.05, 0.1) is 0 Å². The molecule has 21 heavy (non-hydrogen) atoms. The average molecular weight is 305 g/mol. The van der Waals surface area contributed by atoms with Crippen LogP contribution in [-0.2, 0) is 0 Å². The summed E-state index contributed by atoms with van der Waals surface area (Å²) in [6, 6.07) is 7.88. The van der Waals surface area contributed by atoms with E-state index < -0.39 is 0 Å². The zero-order chi connectivity index (χ0) is 15.6. The normalized spacial score (nSPS) is 12.5. The summed E-state index contributed by atoms with van der Waals surface area (Å²) in [6.07, 6.45) is 0. The summed E-state index contributed by atoms with van der Waals surface area (Å²) in [7, 11) is 0. The van der Waals surface area contributed by atoms with E-state index in [0.717, 1.165) is 27.8 Å². The van der Waals surface area contributed by atoms with E-state index in [9.17, 15) is 0 Å². The van der Waals surface area contributed by atoms with E-state index in [1.165, 1.54) is 0 Å². The number of rotatable bonds is 4. The maximum absolute atomic E-state index is 5.98. The van der Waals surface area contributed by atoms with E-state index in [0.29, 0.717) is 5.82 Å². The molecule has 2 aromatic rings. The maximum Gasteiger partial charge on any atom is 0.135 e. The lowest BCUT2D eigenvalue weighted by Crippen LogP contribution is -2.13. The molecule has 0 aliphatic heterocycles. The van der Waals surface area contributed by atoms with Crippen LogP contribution < -0.4 is 11.1 Å². The van der Waals surface area contributed by atoms with Crippen LogP contribution in [0.2, 0.25) is 5.02 Å². The molecule has 0 aliphatic rings. The highest BCUT2D eigenvalue weighted by atomic mass is 35.5. The van der Waals surface area contributed by atoms with Crippen LogP contribution >= 0.6 is 11.6 Å². The first kappa shape index (κ1) is 15.6. The van der Waals surface area contributed by atoms with Crippen molar-refractivity contribution in [3.63, 3.8) is 0 Å². The lowest BCUT2D eigenvalue weighted by molar-refractivity contribution is 0.768. The van der Waals surface area contributed by atoms with Gasteiger partial charge >= 0.3 is 0 Å². The van der Waals surface area contributed by atoms with Crippen LogP contribution in [0.25, 0.3) is 0 Å². The molecule has 0 aliphatic carbocycles. The van der Waals surface area contributed by atoms with Crippen molar-refractivity contribution in [1.82, 2.24) is 9.97 Å². The van der Waals surface area contributed by atoms with Crippen molar-refractivity contribution in [2.45, 2.75) is 39.7 Å². The topological polar surface area (TPSA) is 63.8 Å². The van der Waals surface area contributed by atoms with Crippen LogP contribution in [0.5, 0.6) is 0 Å². The molecule has 0 radical (unpaired) electrons. The smallest absolute Gasteiger partial charge is 0.135 e. The van der Waals surface area contributed by atoms with Crippen LogP contribution in [0.1, 0.15) is 49.7 Å². The van der Waals surface area contributed by atoms with Gasteiger partial charge in [0, 0.05) is 22.5 Å². The highest BCUT2D eigenvalue weighted by molar-refractivity contribution is 6.30. The summed E-state index contributed by atoms with van der Waals surface area (Å²) in [5, 5.41) is 4.14. The monoisotopic (exact) mass is 304 g/mol. The van der Waals surface area contributed by atoms with Gasteiger partial charge in [-0.15, -0.1) is 0 Å². The summed E-state index contributed by atoms with van der Waals surface area (Å²) in [5.41, 5.74) is 8.00. The van der Waals surface area contributed by atoms with Crippen molar-refractivity contribution >= 4 is 23.2 Å². The second-order valence-electron chi connectivity index (χ2n) is 5.51. The molecule has 0 saturated heterocycles. The Hall–Kier alpha value is -1.81. The molecule has 3 N–H and O–H groups in total. The Morgan fingerprint density at radius 2 is 1.71 bits per heavy atom. The third kappa shape index (κ3) is 3.64. The van der Waals surface area contributed by atoms with Gasteiger partial charge in [-0.2, -0.15) is 0 Å². The summed E-state index contributed by atoms with van der Waals surface area (Å²) in [6.45, 7) is 8.11. The Bertz CT molecular complexity index is 623. The number of nitrogens with zero attached hydrogens (tertiary/aromatic N) is 2. The number of nitrogens with one attached hydrogen (secondary N) is 1. The molecule has 112 valence electrons. The second-order valence-corrected chi connectivity index (χ2v) is 5.95. The molecule has 0 amide bonds. The molecular formula is C16H21ClN4. The largest absolute Gasteiger partial charge is 0.383 e. The van der Waals surface area contributed by atoms with E-state index in [4.69, 9.17) is 17.3 Å². The fourth-order valence-electron chi connectivity index (χ4n) is 1.99. The van der Waals surface area contributed by atoms with Gasteiger partial charge < -0.3 is 11.1 Å². The molecule has 0 spiro atoms. The first-order valence-electron chi connectivity index (χ1n) is 7.04. The SMILES string of the molecule is Cc1c(N)nc(C(C)C)nc1NC(C)c1ccc(Cl)cc1. The van der Waals surface area contributed by atoms with Gasteiger partial charge in [0.2, 0.25) is 0 Å². The second kappa shape index (κ2) is 6.31. The quantitative estimate of drug-likeness (QED) is 0.883. The molecule has 5 heteroatoms. The molecule has 4 nitrogen and oxygen atoms in total. The summed E-state index contributed by atoms with van der Waals surface area (Å²) in [5.74, 6) is 2.30. The summed E-state index contributed by atoms with van der Waals surface area (Å²) >= 11 is 5.92. The maximum atomic E-state index is 5.98. The first-order chi connectivity index (χ1) is 9.88. The molecule has 1 unspecified atom stereocenters. The predicted octanol–water partition coefficient (Wildman–Crippen LogP) is 4.32. The van der Waals surface area contributed by atoms with E-state index in [2.05, 4.69) is 36.1 Å². The summed E-state index contributed by atoms with van der Waals surface area (Å²) < 4.78 is 0. The van der Waals surface area contributed by atoms with Crippen LogP contribution in [0.4, 0.5) is 11.6 Å². The number of hydrogen-bond acceptors (Lipinski definition) is 4. The van der Waals surface area contributed by atoms with Crippen molar-refractivity contribution in [2.24, 2.45) is 0 Å². The van der Waals surface area contributed by atoms with Gasteiger partial charge in [-0.25, -0.2) is 9.97 Å². The Morgan fingerprint density at radius 3 is 2.29 bits per heavy atom. The minimum absolute atomic E-state index is 0.107. The molecule has 0 fully saturated rings. The number of aromatic nitrogens is 2. The van der Waals surface area contributed by atoms with Crippen molar-refractivity contribution in [3.8, 4) is 0 Å². The van der Waals surface area contributed by atoms with E-state index in [-0.39, 0.29) is 12.0 Å². The molecule has 1 atom stereocenters. The molecular weight excluding hydrogens is 284 g/mol. The Balaban J connectivity index is 2.28. The highest BCUT2D eigenvalue weighted by Crippen LogP contribution is 2.25. The number of anilines is 2. The van der Waals surface area contributed by atoms with Gasteiger partial charge in [-0.3, -0.25) is 0 Å². The molecule has 1 heterocycles. The number of nitrogens with two attached hydrogens (primary N) is 1. The van der Waals surface area contributed by atoms with Gasteiger partial charge in [0.1, 0.15) is 17.5 Å². The van der Waals surface area contributed by atoms with Gasteiger partial charge in [-0.1, -0.05) is 37.6 Å². The fraction of sp³-hybridized carbons (Fsp3) is 0.375. The molecule has 1 aromatic heterocycles. The van der Waals surface area contributed by atoms with E-state index in [1.54, 1.807) is 0 Å². The summed E-state index contributed by atoms with van der Waals surface area (Å²) in [4.78, 5) is 8.92. The first-order valence-corrected chi connectivity index (χ1v) is 7.42. The van der Waals surface area contributed by atoms with Gasteiger partial charge in [-0.05, 0) is 31.5 Å². The fourth-order valence-corrected chi connectivity index (χ4v) is 2.12. The Kier molecular flexibility index (Phi) is 4.68. The van der Waals surface area contributed by atoms with Gasteiger partial charge in [0.15, 0.2) is 0 Å². The molecule has 2 rings (SSSR count). The van der Waals surface area contributed by atoms with E-state index >= 15 is 0 Å². The average Bonchev–Trinajstić information content (AvgIpc) is 2.44. The number of halogens is 1. The lowest BCUT2D eigenvalue weighted by atomic mass is 10.1.